The van der Waals surface area contributed by atoms with Crippen molar-refractivity contribution in [3.63, 3.8) is 0 Å². The Hall–Kier alpha value is -3.20. The van der Waals surface area contributed by atoms with Crippen molar-refractivity contribution >= 4 is 16.6 Å². The fraction of sp³-hybridized carbons (Fsp3) is 0.0870. The molecule has 0 amide bonds. The Kier molecular flexibility index (Phi) is 3.29. The van der Waals surface area contributed by atoms with E-state index in [9.17, 15) is 4.39 Å². The first-order valence-electron chi connectivity index (χ1n) is 8.75. The van der Waals surface area contributed by atoms with E-state index < -0.39 is 0 Å². The zero-order chi connectivity index (χ0) is 17.7. The highest BCUT2D eigenvalue weighted by molar-refractivity contribution is 5.98. The van der Waals surface area contributed by atoms with Crippen molar-refractivity contribution in [1.29, 1.82) is 0 Å². The Morgan fingerprint density at radius 3 is 2.38 bits per heavy atom. The van der Waals surface area contributed by atoms with Crippen molar-refractivity contribution in [3.05, 3.63) is 95.3 Å². The number of nitrogens with two attached hydrogens (primary N) is 1. The van der Waals surface area contributed by atoms with Gasteiger partial charge in [-0.15, -0.1) is 0 Å². The van der Waals surface area contributed by atoms with Crippen LogP contribution in [0.2, 0.25) is 0 Å². The zero-order valence-corrected chi connectivity index (χ0v) is 14.1. The maximum Gasteiger partial charge on any atom is 0.131 e. The van der Waals surface area contributed by atoms with Crippen LogP contribution >= 0.6 is 0 Å². The van der Waals surface area contributed by atoms with Crippen molar-refractivity contribution < 1.29 is 4.39 Å². The number of aromatic nitrogens is 1. The summed E-state index contributed by atoms with van der Waals surface area (Å²) in [4.78, 5) is 4.74. The Bertz CT molecular complexity index is 1150. The normalized spacial score (nSPS) is 15.5. The molecule has 0 spiro atoms. The fourth-order valence-corrected chi connectivity index (χ4v) is 4.14. The van der Waals surface area contributed by atoms with E-state index in [0.29, 0.717) is 11.4 Å². The molecule has 1 aliphatic rings. The molecule has 26 heavy (non-hydrogen) atoms. The SMILES string of the molecule is Nc1nc2c(c3ccccc13)C(c1ccccc1F)Cc1ccccc1-2. The van der Waals surface area contributed by atoms with Gasteiger partial charge in [0.2, 0.25) is 0 Å². The summed E-state index contributed by atoms with van der Waals surface area (Å²) in [5.41, 5.74) is 11.2. The number of rotatable bonds is 1. The van der Waals surface area contributed by atoms with Crippen LogP contribution in [0.25, 0.3) is 22.0 Å². The lowest BCUT2D eigenvalue weighted by Crippen LogP contribution is -2.16. The predicted octanol–water partition coefficient (Wildman–Crippen LogP) is 5.31. The summed E-state index contributed by atoms with van der Waals surface area (Å²) in [6.07, 6.45) is 0.750. The van der Waals surface area contributed by atoms with Gasteiger partial charge in [0.15, 0.2) is 0 Å². The maximum absolute atomic E-state index is 14.7. The van der Waals surface area contributed by atoms with E-state index in [0.717, 1.165) is 34.0 Å². The third kappa shape index (κ3) is 2.14. The second-order valence-corrected chi connectivity index (χ2v) is 6.74. The van der Waals surface area contributed by atoms with Gasteiger partial charge < -0.3 is 5.73 Å². The van der Waals surface area contributed by atoms with E-state index in [1.165, 1.54) is 11.6 Å². The molecule has 0 aliphatic heterocycles. The number of hydrogen-bond acceptors (Lipinski definition) is 2. The summed E-state index contributed by atoms with van der Waals surface area (Å²) in [5.74, 6) is 0.256. The number of halogens is 1. The van der Waals surface area contributed by atoms with Crippen LogP contribution in [0.15, 0.2) is 72.8 Å². The van der Waals surface area contributed by atoms with Crippen LogP contribution < -0.4 is 5.73 Å². The molecular formula is C23H17FN2. The third-order valence-electron chi connectivity index (χ3n) is 5.31. The summed E-state index contributed by atoms with van der Waals surface area (Å²) in [6.45, 7) is 0. The Morgan fingerprint density at radius 2 is 1.54 bits per heavy atom. The molecular weight excluding hydrogens is 323 g/mol. The minimum atomic E-state index is -0.177. The van der Waals surface area contributed by atoms with E-state index in [2.05, 4.69) is 18.2 Å². The van der Waals surface area contributed by atoms with Crippen LogP contribution in [0.5, 0.6) is 0 Å². The van der Waals surface area contributed by atoms with E-state index in [4.69, 9.17) is 10.7 Å². The molecule has 1 unspecified atom stereocenters. The van der Waals surface area contributed by atoms with Crippen LogP contribution in [0, 0.1) is 5.82 Å². The molecule has 3 aromatic carbocycles. The summed E-state index contributed by atoms with van der Waals surface area (Å²) >= 11 is 0. The average molecular weight is 340 g/mol. The minimum absolute atomic E-state index is 0.0842. The van der Waals surface area contributed by atoms with E-state index in [1.807, 2.05) is 42.5 Å². The van der Waals surface area contributed by atoms with E-state index >= 15 is 0 Å². The third-order valence-corrected chi connectivity index (χ3v) is 5.31. The van der Waals surface area contributed by atoms with Crippen molar-refractivity contribution in [2.75, 3.05) is 5.73 Å². The molecule has 3 heteroatoms. The largest absolute Gasteiger partial charge is 0.383 e. The molecule has 1 atom stereocenters. The highest BCUT2D eigenvalue weighted by Gasteiger charge is 2.30. The fourth-order valence-electron chi connectivity index (χ4n) is 4.14. The Balaban J connectivity index is 1.90. The second-order valence-electron chi connectivity index (χ2n) is 6.74. The minimum Gasteiger partial charge on any atom is -0.383 e. The summed E-state index contributed by atoms with van der Waals surface area (Å²) in [7, 11) is 0. The van der Waals surface area contributed by atoms with Gasteiger partial charge in [0, 0.05) is 16.9 Å². The summed E-state index contributed by atoms with van der Waals surface area (Å²) in [6, 6.07) is 23.2. The van der Waals surface area contributed by atoms with Gasteiger partial charge >= 0.3 is 0 Å². The number of benzene rings is 3. The van der Waals surface area contributed by atoms with Gasteiger partial charge in [-0.1, -0.05) is 66.7 Å². The molecule has 4 aromatic rings. The molecule has 2 N–H and O–H groups in total. The lowest BCUT2D eigenvalue weighted by atomic mass is 9.76. The number of hydrogen-bond donors (Lipinski definition) is 1. The first-order chi connectivity index (χ1) is 12.7. The van der Waals surface area contributed by atoms with Crippen molar-refractivity contribution in [1.82, 2.24) is 4.98 Å². The van der Waals surface area contributed by atoms with Gasteiger partial charge in [0.25, 0.3) is 0 Å². The van der Waals surface area contributed by atoms with Gasteiger partial charge in [-0.2, -0.15) is 0 Å². The first-order valence-corrected chi connectivity index (χ1v) is 8.75. The van der Waals surface area contributed by atoms with Crippen LogP contribution in [0.3, 0.4) is 0 Å². The van der Waals surface area contributed by atoms with Gasteiger partial charge in [-0.05, 0) is 34.6 Å². The molecule has 126 valence electrons. The maximum atomic E-state index is 14.7. The lowest BCUT2D eigenvalue weighted by Gasteiger charge is -2.29. The van der Waals surface area contributed by atoms with Crippen LogP contribution in [-0.4, -0.2) is 4.98 Å². The Morgan fingerprint density at radius 1 is 0.846 bits per heavy atom. The average Bonchev–Trinajstić information content (AvgIpc) is 2.68. The summed E-state index contributed by atoms with van der Waals surface area (Å²) in [5, 5.41) is 1.98. The second kappa shape index (κ2) is 5.67. The smallest absolute Gasteiger partial charge is 0.131 e. The highest BCUT2D eigenvalue weighted by Crippen LogP contribution is 2.46. The van der Waals surface area contributed by atoms with Crippen LogP contribution in [-0.2, 0) is 6.42 Å². The number of fused-ring (bicyclic) bond motifs is 5. The molecule has 5 rings (SSSR count). The molecule has 0 bridgehead atoms. The highest BCUT2D eigenvalue weighted by atomic mass is 19.1. The molecule has 1 aromatic heterocycles. The lowest BCUT2D eigenvalue weighted by molar-refractivity contribution is 0.594. The standard InChI is InChI=1S/C23H17FN2/c24-20-12-6-5-9-16(20)19-13-14-7-1-2-8-15(14)22-21(19)17-10-3-4-11-18(17)23(25)26-22/h1-12,19H,13H2,(H2,25,26). The molecule has 1 heterocycles. The molecule has 0 fully saturated rings. The zero-order valence-electron chi connectivity index (χ0n) is 14.1. The summed E-state index contributed by atoms with van der Waals surface area (Å²) < 4.78 is 14.7. The van der Waals surface area contributed by atoms with Crippen molar-refractivity contribution in [2.45, 2.75) is 12.3 Å². The van der Waals surface area contributed by atoms with Crippen LogP contribution in [0.4, 0.5) is 10.2 Å². The van der Waals surface area contributed by atoms with Gasteiger partial charge in [0.1, 0.15) is 11.6 Å². The van der Waals surface area contributed by atoms with Crippen LogP contribution in [0.1, 0.15) is 22.6 Å². The van der Waals surface area contributed by atoms with Gasteiger partial charge in [0.05, 0.1) is 5.69 Å². The number of pyridine rings is 1. The molecule has 0 radical (unpaired) electrons. The molecule has 0 saturated carbocycles. The predicted molar refractivity (Wildman–Crippen MR) is 104 cm³/mol. The monoisotopic (exact) mass is 340 g/mol. The van der Waals surface area contributed by atoms with Gasteiger partial charge in [-0.25, -0.2) is 9.37 Å². The Labute approximate surface area is 151 Å². The molecule has 2 nitrogen and oxygen atoms in total. The van der Waals surface area contributed by atoms with Crippen molar-refractivity contribution in [3.8, 4) is 11.3 Å². The van der Waals surface area contributed by atoms with Gasteiger partial charge in [-0.3, -0.25) is 0 Å². The van der Waals surface area contributed by atoms with E-state index in [-0.39, 0.29) is 11.7 Å². The number of anilines is 1. The quantitative estimate of drug-likeness (QED) is 0.510. The molecule has 0 saturated heterocycles. The number of nitrogen functional groups attached to an aromatic ring is 1. The topological polar surface area (TPSA) is 38.9 Å². The van der Waals surface area contributed by atoms with Crippen molar-refractivity contribution in [2.24, 2.45) is 0 Å². The molecule has 1 aliphatic carbocycles. The number of nitrogens with zero attached hydrogens (tertiary/aromatic N) is 1. The van der Waals surface area contributed by atoms with E-state index in [1.54, 1.807) is 6.07 Å². The first kappa shape index (κ1) is 15.1.